The van der Waals surface area contributed by atoms with Gasteiger partial charge in [0.1, 0.15) is 11.6 Å². The minimum absolute atomic E-state index is 0.135. The van der Waals surface area contributed by atoms with Gasteiger partial charge in [0.05, 0.1) is 30.9 Å². The van der Waals surface area contributed by atoms with Crippen LogP contribution in [-0.2, 0) is 14.4 Å². The van der Waals surface area contributed by atoms with Gasteiger partial charge in [0.2, 0.25) is 5.91 Å². The molecule has 3 aromatic carbocycles. The molecule has 0 saturated carbocycles. The smallest absolute Gasteiger partial charge is 0.303 e. The van der Waals surface area contributed by atoms with E-state index in [1.54, 1.807) is 54.5 Å². The fourth-order valence-corrected chi connectivity index (χ4v) is 5.30. The zero-order valence-electron chi connectivity index (χ0n) is 20.8. The SMILES string of the molecule is COc1cccc(C2C3=C(CC(c4ccc(F)cc4)CC3=O)Nc3ccccc3N2C(=O)CCC(=O)O)c1. The van der Waals surface area contributed by atoms with Crippen LogP contribution in [0.3, 0.4) is 0 Å². The molecule has 0 spiro atoms. The first-order valence-corrected chi connectivity index (χ1v) is 12.4. The first-order chi connectivity index (χ1) is 18.4. The highest BCUT2D eigenvalue weighted by molar-refractivity contribution is 6.06. The number of anilines is 2. The van der Waals surface area contributed by atoms with Gasteiger partial charge in [0.25, 0.3) is 0 Å². The van der Waals surface area contributed by atoms with Crippen molar-refractivity contribution in [3.8, 4) is 5.75 Å². The number of carbonyl (C=O) groups is 3. The zero-order chi connectivity index (χ0) is 26.8. The van der Waals surface area contributed by atoms with Crippen molar-refractivity contribution in [3.05, 3.63) is 101 Å². The van der Waals surface area contributed by atoms with E-state index < -0.39 is 17.9 Å². The summed E-state index contributed by atoms with van der Waals surface area (Å²) < 4.78 is 19.0. The molecule has 7 nitrogen and oxygen atoms in total. The average molecular weight is 515 g/mol. The molecule has 2 aliphatic rings. The fourth-order valence-electron chi connectivity index (χ4n) is 5.30. The summed E-state index contributed by atoms with van der Waals surface area (Å²) >= 11 is 0. The number of hydrogen-bond acceptors (Lipinski definition) is 5. The number of benzene rings is 3. The van der Waals surface area contributed by atoms with Crippen molar-refractivity contribution < 1.29 is 28.6 Å². The lowest BCUT2D eigenvalue weighted by atomic mass is 9.78. The topological polar surface area (TPSA) is 95.9 Å². The standard InChI is InChI=1S/C30H27FN2O5/c1-38-22-6-4-5-19(15-22)30-29-24(16-20(17-26(29)34)18-9-11-21(31)12-10-18)32-23-7-2-3-8-25(23)33(30)27(35)13-14-28(36)37/h2-12,15,20,30,32H,13-14,16-17H2,1H3,(H,36,37). The number of halogens is 1. The highest BCUT2D eigenvalue weighted by Crippen LogP contribution is 2.48. The molecule has 0 bridgehead atoms. The Hall–Kier alpha value is -4.46. The third-order valence-corrected chi connectivity index (χ3v) is 7.06. The highest BCUT2D eigenvalue weighted by Gasteiger charge is 2.41. The first-order valence-electron chi connectivity index (χ1n) is 12.4. The summed E-state index contributed by atoms with van der Waals surface area (Å²) in [7, 11) is 1.54. The molecular weight excluding hydrogens is 487 g/mol. The third-order valence-electron chi connectivity index (χ3n) is 7.06. The molecule has 0 saturated heterocycles. The number of carboxylic acid groups (broad SMARTS) is 1. The number of allylic oxidation sites excluding steroid dienone is 1. The lowest BCUT2D eigenvalue weighted by Crippen LogP contribution is -2.38. The monoisotopic (exact) mass is 514 g/mol. The van der Waals surface area contributed by atoms with Crippen molar-refractivity contribution in [2.45, 2.75) is 37.6 Å². The molecule has 1 aliphatic heterocycles. The lowest BCUT2D eigenvalue weighted by molar-refractivity contribution is -0.138. The second-order valence-corrected chi connectivity index (χ2v) is 9.45. The molecular formula is C30H27FN2O5. The number of hydrogen-bond donors (Lipinski definition) is 2. The summed E-state index contributed by atoms with van der Waals surface area (Å²) in [6.07, 6.45) is 0.125. The van der Waals surface area contributed by atoms with Crippen molar-refractivity contribution >= 4 is 29.0 Å². The van der Waals surface area contributed by atoms with E-state index in [9.17, 15) is 23.9 Å². The van der Waals surface area contributed by atoms with Gasteiger partial charge in [-0.25, -0.2) is 4.39 Å². The third kappa shape index (κ3) is 4.89. The molecule has 1 heterocycles. The van der Waals surface area contributed by atoms with Gasteiger partial charge in [0, 0.05) is 24.1 Å². The number of fused-ring (bicyclic) bond motifs is 1. The molecule has 2 unspecified atom stereocenters. The van der Waals surface area contributed by atoms with Gasteiger partial charge in [0.15, 0.2) is 5.78 Å². The Balaban J connectivity index is 1.68. The van der Waals surface area contributed by atoms with Crippen LogP contribution in [0.15, 0.2) is 84.1 Å². The number of ether oxygens (including phenoxy) is 1. The Kier molecular flexibility index (Phi) is 6.96. The summed E-state index contributed by atoms with van der Waals surface area (Å²) in [6.45, 7) is 0. The molecule has 0 aromatic heterocycles. The fraction of sp³-hybridized carbons (Fsp3) is 0.233. The van der Waals surface area contributed by atoms with Crippen LogP contribution in [0, 0.1) is 5.82 Å². The number of nitrogens with zero attached hydrogens (tertiary/aromatic N) is 1. The van der Waals surface area contributed by atoms with Gasteiger partial charge >= 0.3 is 5.97 Å². The molecule has 2 N–H and O–H groups in total. The van der Waals surface area contributed by atoms with Crippen LogP contribution in [-0.4, -0.2) is 29.9 Å². The minimum Gasteiger partial charge on any atom is -0.497 e. The van der Waals surface area contributed by atoms with E-state index in [0.29, 0.717) is 40.4 Å². The second-order valence-electron chi connectivity index (χ2n) is 9.45. The summed E-state index contributed by atoms with van der Waals surface area (Å²) in [5.74, 6) is -1.55. The van der Waals surface area contributed by atoms with Crippen molar-refractivity contribution in [2.75, 3.05) is 17.3 Å². The second kappa shape index (κ2) is 10.5. The summed E-state index contributed by atoms with van der Waals surface area (Å²) in [5.41, 5.74) is 3.87. The largest absolute Gasteiger partial charge is 0.497 e. The van der Waals surface area contributed by atoms with E-state index in [-0.39, 0.29) is 36.8 Å². The predicted octanol–water partition coefficient (Wildman–Crippen LogP) is 5.60. The van der Waals surface area contributed by atoms with Crippen molar-refractivity contribution in [2.24, 2.45) is 0 Å². The number of para-hydroxylation sites is 2. The number of Topliss-reactive ketones (excluding diaryl/α,β-unsaturated/α-hetero) is 1. The Morgan fingerprint density at radius 1 is 1.00 bits per heavy atom. The summed E-state index contributed by atoms with van der Waals surface area (Å²) in [4.78, 5) is 40.5. The number of methoxy groups -OCH3 is 1. The van der Waals surface area contributed by atoms with Crippen LogP contribution < -0.4 is 15.0 Å². The van der Waals surface area contributed by atoms with E-state index in [2.05, 4.69) is 5.32 Å². The number of amides is 1. The molecule has 3 aromatic rings. The highest BCUT2D eigenvalue weighted by atomic mass is 19.1. The van der Waals surface area contributed by atoms with Crippen LogP contribution in [0.25, 0.3) is 0 Å². The summed E-state index contributed by atoms with van der Waals surface area (Å²) in [6, 6.07) is 19.8. The van der Waals surface area contributed by atoms with E-state index in [4.69, 9.17) is 4.74 Å². The maximum atomic E-state index is 13.9. The number of aliphatic carboxylic acids is 1. The number of ketones is 1. The van der Waals surface area contributed by atoms with Crippen molar-refractivity contribution in [1.82, 2.24) is 0 Å². The van der Waals surface area contributed by atoms with Gasteiger partial charge in [-0.1, -0.05) is 36.4 Å². The predicted molar refractivity (Wildman–Crippen MR) is 141 cm³/mol. The molecule has 2 atom stereocenters. The number of rotatable bonds is 6. The molecule has 38 heavy (non-hydrogen) atoms. The van der Waals surface area contributed by atoms with E-state index in [1.807, 2.05) is 18.2 Å². The van der Waals surface area contributed by atoms with Crippen LogP contribution >= 0.6 is 0 Å². The van der Waals surface area contributed by atoms with E-state index in [1.165, 1.54) is 12.1 Å². The van der Waals surface area contributed by atoms with Crippen LogP contribution in [0.5, 0.6) is 5.75 Å². The zero-order valence-corrected chi connectivity index (χ0v) is 20.8. The summed E-state index contributed by atoms with van der Waals surface area (Å²) in [5, 5.41) is 12.7. The van der Waals surface area contributed by atoms with Gasteiger partial charge in [-0.15, -0.1) is 0 Å². The van der Waals surface area contributed by atoms with Crippen molar-refractivity contribution in [3.63, 3.8) is 0 Å². The Labute approximate surface area is 219 Å². The first kappa shape index (κ1) is 25.2. The number of carbonyl (C=O) groups excluding carboxylic acids is 2. The molecule has 0 radical (unpaired) electrons. The van der Waals surface area contributed by atoms with Crippen LogP contribution in [0.1, 0.15) is 48.8 Å². The molecule has 0 fully saturated rings. The molecule has 194 valence electrons. The van der Waals surface area contributed by atoms with Gasteiger partial charge in [-0.3, -0.25) is 19.3 Å². The minimum atomic E-state index is -1.08. The van der Waals surface area contributed by atoms with Gasteiger partial charge in [-0.05, 0) is 59.9 Å². The number of carboxylic acids is 1. The Morgan fingerprint density at radius 3 is 2.50 bits per heavy atom. The maximum Gasteiger partial charge on any atom is 0.303 e. The molecule has 1 aliphatic carbocycles. The molecule has 5 rings (SSSR count). The van der Waals surface area contributed by atoms with Gasteiger partial charge < -0.3 is 15.2 Å². The Bertz CT molecular complexity index is 1430. The lowest BCUT2D eigenvalue weighted by Gasteiger charge is -2.35. The molecule has 1 amide bonds. The van der Waals surface area contributed by atoms with E-state index in [0.717, 1.165) is 5.56 Å². The van der Waals surface area contributed by atoms with Gasteiger partial charge in [-0.2, -0.15) is 0 Å². The average Bonchev–Trinajstić information content (AvgIpc) is 3.07. The van der Waals surface area contributed by atoms with Crippen LogP contribution in [0.2, 0.25) is 0 Å². The Morgan fingerprint density at radius 2 is 1.76 bits per heavy atom. The maximum absolute atomic E-state index is 13.9. The normalized spacial score (nSPS) is 18.7. The van der Waals surface area contributed by atoms with Crippen LogP contribution in [0.4, 0.5) is 15.8 Å². The molecule has 8 heteroatoms. The quantitative estimate of drug-likeness (QED) is 0.445. The number of nitrogens with one attached hydrogen (secondary N) is 1. The van der Waals surface area contributed by atoms with E-state index >= 15 is 0 Å². The van der Waals surface area contributed by atoms with Crippen molar-refractivity contribution in [1.29, 1.82) is 0 Å².